The Labute approximate surface area is 389 Å². The molecule has 6 amide bonds. The van der Waals surface area contributed by atoms with Crippen molar-refractivity contribution in [2.75, 3.05) is 73.3 Å². The number of benzene rings is 3. The second kappa shape index (κ2) is 27.0. The number of carbonyl (C=O) groups excluding carboxylic acids is 6. The van der Waals surface area contributed by atoms with Crippen LogP contribution >= 0.6 is 0 Å². The summed E-state index contributed by atoms with van der Waals surface area (Å²) in [5, 5.41) is 11.3. The van der Waals surface area contributed by atoms with Crippen LogP contribution in [0.2, 0.25) is 0 Å². The monoisotopic (exact) mass is 915 g/mol. The molecule has 360 valence electrons. The SMILES string of the molecule is CCCCCC(=O)NC(Cc1ccccc1-c1ccccc1)(C(=O)NC(Cc1ccccc1)C(=O)NC(=O)N1CCOCC1)C(CNC(=O)OC(C)(C)C)COC(=O)COCCCN(C)C. The highest BCUT2D eigenvalue weighted by Crippen LogP contribution is 2.32. The first-order valence-electron chi connectivity index (χ1n) is 22.9. The molecule has 3 atom stereocenters. The van der Waals surface area contributed by atoms with Crippen molar-refractivity contribution >= 4 is 35.8 Å². The van der Waals surface area contributed by atoms with E-state index in [2.05, 4.69) is 21.3 Å². The summed E-state index contributed by atoms with van der Waals surface area (Å²) in [4.78, 5) is 88.2. The number of carbonyl (C=O) groups is 6. The molecule has 66 heavy (non-hydrogen) atoms. The van der Waals surface area contributed by atoms with Crippen molar-refractivity contribution in [3.63, 3.8) is 0 Å². The third-order valence-electron chi connectivity index (χ3n) is 10.9. The van der Waals surface area contributed by atoms with E-state index in [-0.39, 0.29) is 45.5 Å². The number of nitrogens with zero attached hydrogens (tertiary/aromatic N) is 2. The number of hydrogen-bond acceptors (Lipinski definition) is 11. The second-order valence-corrected chi connectivity index (χ2v) is 17.8. The molecule has 3 aromatic carbocycles. The fourth-order valence-corrected chi connectivity index (χ4v) is 7.49. The summed E-state index contributed by atoms with van der Waals surface area (Å²) < 4.78 is 22.5. The third kappa shape index (κ3) is 17.9. The number of urea groups is 1. The lowest BCUT2D eigenvalue weighted by Crippen LogP contribution is -2.69. The highest BCUT2D eigenvalue weighted by atomic mass is 16.6. The summed E-state index contributed by atoms with van der Waals surface area (Å²) in [5.74, 6) is -3.97. The fourth-order valence-electron chi connectivity index (χ4n) is 7.49. The number of hydrogen-bond donors (Lipinski definition) is 4. The van der Waals surface area contributed by atoms with Crippen LogP contribution in [-0.2, 0) is 51.0 Å². The maximum Gasteiger partial charge on any atom is 0.407 e. The van der Waals surface area contributed by atoms with Crippen LogP contribution in [0, 0.1) is 5.92 Å². The molecule has 1 fully saturated rings. The molecule has 1 saturated heterocycles. The molecular weight excluding hydrogens is 845 g/mol. The summed E-state index contributed by atoms with van der Waals surface area (Å²) in [5.41, 5.74) is -0.00361. The van der Waals surface area contributed by atoms with Crippen molar-refractivity contribution in [1.29, 1.82) is 0 Å². The Morgan fingerprint density at radius 1 is 0.848 bits per heavy atom. The average molecular weight is 915 g/mol. The van der Waals surface area contributed by atoms with Crippen LogP contribution in [0.15, 0.2) is 84.9 Å². The number of imide groups is 1. The summed E-state index contributed by atoms with van der Waals surface area (Å²) in [7, 11) is 3.87. The van der Waals surface area contributed by atoms with Gasteiger partial charge in [-0.05, 0) is 76.5 Å². The Bertz CT molecular complexity index is 2010. The van der Waals surface area contributed by atoms with Gasteiger partial charge in [-0.15, -0.1) is 0 Å². The van der Waals surface area contributed by atoms with E-state index >= 15 is 4.79 Å². The lowest BCUT2D eigenvalue weighted by Gasteiger charge is -2.41. The second-order valence-electron chi connectivity index (χ2n) is 17.8. The summed E-state index contributed by atoms with van der Waals surface area (Å²) in [6, 6.07) is 24.0. The zero-order valence-corrected chi connectivity index (χ0v) is 39.5. The molecule has 16 heteroatoms. The Balaban J connectivity index is 1.88. The molecule has 1 heterocycles. The standard InChI is InChI=1S/C50H70N6O10/c1-7-8-11-25-43(57)54-50(33-39-23-16-17-24-41(39)38-21-14-10-15-22-38,40(34-51-48(62)66-49(2,3)4)35-65-44(58)36-64-29-18-26-55(5)6)46(60)52-42(32-37-19-12-9-13-20-37)45(59)53-47(61)56-27-30-63-31-28-56/h9-10,12-17,19-24,40,42H,7-8,11,18,25-36H2,1-6H3,(H,51,62)(H,52,60)(H,54,57)(H,53,59,61). The third-order valence-corrected chi connectivity index (χ3v) is 10.9. The van der Waals surface area contributed by atoms with Crippen molar-refractivity contribution < 1.29 is 47.7 Å². The zero-order valence-electron chi connectivity index (χ0n) is 39.5. The van der Waals surface area contributed by atoms with Crippen molar-refractivity contribution in [2.24, 2.45) is 5.92 Å². The van der Waals surface area contributed by atoms with E-state index in [4.69, 9.17) is 18.9 Å². The van der Waals surface area contributed by atoms with Gasteiger partial charge >= 0.3 is 18.1 Å². The number of rotatable bonds is 24. The molecule has 0 spiro atoms. The van der Waals surface area contributed by atoms with Gasteiger partial charge in [0.1, 0.15) is 23.8 Å². The van der Waals surface area contributed by atoms with Crippen LogP contribution in [0.5, 0.6) is 0 Å². The molecule has 3 aromatic rings. The van der Waals surface area contributed by atoms with Gasteiger partial charge in [0.05, 0.1) is 19.8 Å². The Hall–Kier alpha value is -5.84. The molecule has 4 rings (SSSR count). The van der Waals surface area contributed by atoms with Gasteiger partial charge in [0, 0.05) is 51.4 Å². The van der Waals surface area contributed by atoms with Crippen LogP contribution in [0.1, 0.15) is 70.9 Å². The van der Waals surface area contributed by atoms with E-state index in [1.165, 1.54) is 4.90 Å². The Morgan fingerprint density at radius 2 is 1.52 bits per heavy atom. The van der Waals surface area contributed by atoms with Crippen LogP contribution in [0.3, 0.4) is 0 Å². The van der Waals surface area contributed by atoms with E-state index in [1.54, 1.807) is 45.0 Å². The minimum absolute atomic E-state index is 0.0308. The molecule has 16 nitrogen and oxygen atoms in total. The average Bonchev–Trinajstić information content (AvgIpc) is 3.28. The number of amides is 6. The minimum Gasteiger partial charge on any atom is -0.464 e. The topological polar surface area (TPSA) is 194 Å². The molecular formula is C50H70N6O10. The quantitative estimate of drug-likeness (QED) is 0.0675. The number of nitrogens with one attached hydrogen (secondary N) is 4. The van der Waals surface area contributed by atoms with Crippen LogP contribution < -0.4 is 21.3 Å². The molecule has 0 radical (unpaired) electrons. The fraction of sp³-hybridized carbons (Fsp3) is 0.520. The molecule has 0 bridgehead atoms. The minimum atomic E-state index is -2.03. The first-order valence-corrected chi connectivity index (χ1v) is 22.9. The molecule has 4 N–H and O–H groups in total. The van der Waals surface area contributed by atoms with Crippen molar-refractivity contribution in [3.05, 3.63) is 96.1 Å². The first-order chi connectivity index (χ1) is 31.6. The predicted molar refractivity (Wildman–Crippen MR) is 251 cm³/mol. The highest BCUT2D eigenvalue weighted by Gasteiger charge is 2.49. The van der Waals surface area contributed by atoms with Crippen LogP contribution in [-0.4, -0.2) is 136 Å². The van der Waals surface area contributed by atoms with Gasteiger partial charge in [0.2, 0.25) is 11.8 Å². The highest BCUT2D eigenvalue weighted by molar-refractivity contribution is 6.01. The van der Waals surface area contributed by atoms with E-state index in [0.717, 1.165) is 30.5 Å². The molecule has 0 aliphatic carbocycles. The van der Waals surface area contributed by atoms with Gasteiger partial charge < -0.3 is 44.7 Å². The predicted octanol–water partition coefficient (Wildman–Crippen LogP) is 5.28. The van der Waals surface area contributed by atoms with E-state index in [0.29, 0.717) is 43.8 Å². The van der Waals surface area contributed by atoms with Gasteiger partial charge in [-0.1, -0.05) is 105 Å². The Kier molecular flexibility index (Phi) is 21.6. The maximum absolute atomic E-state index is 15.8. The van der Waals surface area contributed by atoms with Crippen molar-refractivity contribution in [3.8, 4) is 11.1 Å². The lowest BCUT2D eigenvalue weighted by molar-refractivity contribution is -0.153. The van der Waals surface area contributed by atoms with Gasteiger partial charge in [0.25, 0.3) is 5.91 Å². The van der Waals surface area contributed by atoms with Crippen LogP contribution in [0.25, 0.3) is 11.1 Å². The maximum atomic E-state index is 15.8. The van der Waals surface area contributed by atoms with Gasteiger partial charge in [-0.25, -0.2) is 14.4 Å². The van der Waals surface area contributed by atoms with Gasteiger partial charge in [-0.2, -0.15) is 0 Å². The van der Waals surface area contributed by atoms with E-state index in [9.17, 15) is 24.0 Å². The summed E-state index contributed by atoms with van der Waals surface area (Å²) >= 11 is 0. The largest absolute Gasteiger partial charge is 0.464 e. The van der Waals surface area contributed by atoms with Crippen molar-refractivity contribution in [1.82, 2.24) is 31.1 Å². The number of alkyl carbamates (subject to hydrolysis) is 1. The number of ether oxygens (including phenoxy) is 4. The lowest BCUT2D eigenvalue weighted by atomic mass is 9.76. The van der Waals surface area contributed by atoms with Crippen LogP contribution in [0.4, 0.5) is 9.59 Å². The van der Waals surface area contributed by atoms with Gasteiger partial charge in [-0.3, -0.25) is 19.7 Å². The summed E-state index contributed by atoms with van der Waals surface area (Å²) in [6.07, 6.45) is 1.80. The number of esters is 1. The molecule has 0 saturated carbocycles. The number of unbranched alkanes of at least 4 members (excludes halogenated alkanes) is 2. The smallest absolute Gasteiger partial charge is 0.407 e. The molecule has 0 aromatic heterocycles. The first kappa shape index (κ1) is 52.8. The van der Waals surface area contributed by atoms with Crippen molar-refractivity contribution in [2.45, 2.75) is 89.8 Å². The number of morpholine rings is 1. The normalized spacial score (nSPS) is 14.6. The summed E-state index contributed by atoms with van der Waals surface area (Å²) in [6.45, 7) is 8.17. The molecule has 1 aliphatic heterocycles. The Morgan fingerprint density at radius 3 is 2.18 bits per heavy atom. The zero-order chi connectivity index (χ0) is 48.0. The van der Waals surface area contributed by atoms with Gasteiger partial charge in [0.15, 0.2) is 0 Å². The molecule has 3 unspecified atom stereocenters. The molecule has 1 aliphatic rings. The van der Waals surface area contributed by atoms with E-state index in [1.807, 2.05) is 86.6 Å². The van der Waals surface area contributed by atoms with E-state index < -0.39 is 65.5 Å².